The van der Waals surface area contributed by atoms with E-state index in [1.54, 1.807) is 25.4 Å². The number of thioether (sulfide) groups is 1. The van der Waals surface area contributed by atoms with Gasteiger partial charge in [-0.2, -0.15) is 0 Å². The molecular formula is C21H26N4O4S2. The van der Waals surface area contributed by atoms with Crippen molar-refractivity contribution in [3.63, 3.8) is 0 Å². The van der Waals surface area contributed by atoms with Gasteiger partial charge in [0.1, 0.15) is 15.8 Å². The maximum absolute atomic E-state index is 13.3. The predicted molar refractivity (Wildman–Crippen MR) is 128 cm³/mol. The number of methoxy groups -OCH3 is 1. The molecule has 166 valence electrons. The van der Waals surface area contributed by atoms with E-state index in [1.165, 1.54) is 21.1 Å². The van der Waals surface area contributed by atoms with Gasteiger partial charge >= 0.3 is 0 Å². The summed E-state index contributed by atoms with van der Waals surface area (Å²) in [5, 5.41) is 3.24. The molecule has 1 saturated heterocycles. The van der Waals surface area contributed by atoms with Crippen LogP contribution in [0.4, 0.5) is 5.82 Å². The van der Waals surface area contributed by atoms with Gasteiger partial charge in [-0.15, -0.1) is 0 Å². The maximum Gasteiger partial charge on any atom is 0.267 e. The average molecular weight is 463 g/mol. The molecule has 8 nitrogen and oxygen atoms in total. The molecule has 0 spiro atoms. The SMILES string of the molecule is CCOCCCNc1nc2c(C)cccn2c(=O)c1C=C1SC(=S)N(CCOC)C1=O. The zero-order valence-electron chi connectivity index (χ0n) is 17.8. The first kappa shape index (κ1) is 23.4. The van der Waals surface area contributed by atoms with E-state index in [-0.39, 0.29) is 11.5 Å². The number of ether oxygens (including phenoxy) is 2. The number of aryl methyl sites for hydroxylation is 1. The Kier molecular flexibility index (Phi) is 8.19. The van der Waals surface area contributed by atoms with E-state index in [0.717, 1.165) is 12.0 Å². The molecule has 3 rings (SSSR count). The van der Waals surface area contributed by atoms with Crippen molar-refractivity contribution in [3.8, 4) is 0 Å². The molecule has 1 aliphatic heterocycles. The van der Waals surface area contributed by atoms with E-state index in [4.69, 9.17) is 21.7 Å². The topological polar surface area (TPSA) is 85.2 Å². The predicted octanol–water partition coefficient (Wildman–Crippen LogP) is 2.69. The quantitative estimate of drug-likeness (QED) is 0.328. The van der Waals surface area contributed by atoms with Gasteiger partial charge in [0.2, 0.25) is 0 Å². The third-order valence-corrected chi connectivity index (χ3v) is 6.09. The molecule has 2 aromatic rings. The van der Waals surface area contributed by atoms with Crippen molar-refractivity contribution < 1.29 is 14.3 Å². The van der Waals surface area contributed by atoms with Crippen LogP contribution in [-0.2, 0) is 14.3 Å². The Balaban J connectivity index is 1.99. The summed E-state index contributed by atoms with van der Waals surface area (Å²) in [7, 11) is 1.57. The van der Waals surface area contributed by atoms with Crippen molar-refractivity contribution in [1.29, 1.82) is 0 Å². The fraction of sp³-hybridized carbons (Fsp3) is 0.429. The molecule has 0 saturated carbocycles. The normalized spacial score (nSPS) is 15.5. The number of hydrogen-bond donors (Lipinski definition) is 1. The van der Waals surface area contributed by atoms with Crippen LogP contribution in [0.5, 0.6) is 0 Å². The number of thiocarbonyl (C=S) groups is 1. The average Bonchev–Trinajstić information content (AvgIpc) is 3.02. The highest BCUT2D eigenvalue weighted by atomic mass is 32.2. The van der Waals surface area contributed by atoms with Crippen molar-refractivity contribution in [2.24, 2.45) is 0 Å². The summed E-state index contributed by atoms with van der Waals surface area (Å²) >= 11 is 6.52. The zero-order chi connectivity index (χ0) is 22.4. The second-order valence-corrected chi connectivity index (χ2v) is 8.54. The van der Waals surface area contributed by atoms with Crippen molar-refractivity contribution in [3.05, 3.63) is 44.7 Å². The van der Waals surface area contributed by atoms with Gasteiger partial charge in [-0.25, -0.2) is 4.98 Å². The van der Waals surface area contributed by atoms with Crippen LogP contribution < -0.4 is 10.9 Å². The third-order valence-electron chi connectivity index (χ3n) is 4.71. The Hall–Kier alpha value is -2.27. The van der Waals surface area contributed by atoms with Crippen molar-refractivity contribution in [2.45, 2.75) is 20.3 Å². The number of anilines is 1. The number of nitrogens with one attached hydrogen (secondary N) is 1. The Morgan fingerprint density at radius 2 is 2.13 bits per heavy atom. The molecule has 2 aromatic heterocycles. The standard InChI is InChI=1S/C21H26N4O4S2/c1-4-29-11-6-8-22-17-15(19(26)24-9-5-7-14(2)18(24)23-17)13-16-20(27)25(10-12-28-3)21(30)31-16/h5,7,9,13,22H,4,6,8,10-12H2,1-3H3. The molecule has 1 fully saturated rings. The highest BCUT2D eigenvalue weighted by Crippen LogP contribution is 2.32. The highest BCUT2D eigenvalue weighted by molar-refractivity contribution is 8.26. The van der Waals surface area contributed by atoms with Gasteiger partial charge in [0.25, 0.3) is 11.5 Å². The van der Waals surface area contributed by atoms with Crippen LogP contribution in [0.2, 0.25) is 0 Å². The number of aromatic nitrogens is 2. The smallest absolute Gasteiger partial charge is 0.267 e. The minimum atomic E-state index is -0.247. The lowest BCUT2D eigenvalue weighted by Crippen LogP contribution is -2.31. The molecule has 3 heterocycles. The van der Waals surface area contributed by atoms with Crippen LogP contribution in [0, 0.1) is 6.92 Å². The number of rotatable bonds is 10. The Morgan fingerprint density at radius 3 is 2.87 bits per heavy atom. The third kappa shape index (κ3) is 5.32. The molecule has 0 aliphatic carbocycles. The number of carbonyl (C=O) groups excluding carboxylic acids is 1. The largest absolute Gasteiger partial charge is 0.383 e. The molecule has 31 heavy (non-hydrogen) atoms. The summed E-state index contributed by atoms with van der Waals surface area (Å²) in [5.41, 5.74) is 1.54. The molecule has 0 aromatic carbocycles. The van der Waals surface area contributed by atoms with E-state index in [0.29, 0.717) is 59.2 Å². The Morgan fingerprint density at radius 1 is 1.32 bits per heavy atom. The van der Waals surface area contributed by atoms with Gasteiger partial charge in [0.15, 0.2) is 0 Å². The van der Waals surface area contributed by atoms with Gasteiger partial charge < -0.3 is 14.8 Å². The number of pyridine rings is 1. The lowest BCUT2D eigenvalue weighted by atomic mass is 10.2. The van der Waals surface area contributed by atoms with Crippen molar-refractivity contribution in [2.75, 3.05) is 45.3 Å². The summed E-state index contributed by atoms with van der Waals surface area (Å²) in [6.45, 7) is 6.46. The van der Waals surface area contributed by atoms with Gasteiger partial charge in [-0.3, -0.25) is 18.9 Å². The van der Waals surface area contributed by atoms with Crippen molar-refractivity contribution in [1.82, 2.24) is 14.3 Å². The summed E-state index contributed by atoms with van der Waals surface area (Å²) in [5.74, 6) is 0.209. The number of nitrogens with zero attached hydrogens (tertiary/aromatic N) is 3. The first-order valence-corrected chi connectivity index (χ1v) is 11.3. The van der Waals surface area contributed by atoms with E-state index in [9.17, 15) is 9.59 Å². The minimum Gasteiger partial charge on any atom is -0.383 e. The second kappa shape index (κ2) is 10.9. The molecule has 1 aliphatic rings. The molecule has 0 atom stereocenters. The molecular weight excluding hydrogens is 436 g/mol. The second-order valence-electron chi connectivity index (χ2n) is 6.87. The van der Waals surface area contributed by atoms with E-state index in [2.05, 4.69) is 10.3 Å². The van der Waals surface area contributed by atoms with Crippen LogP contribution >= 0.6 is 24.0 Å². The summed E-state index contributed by atoms with van der Waals surface area (Å²) in [6.07, 6.45) is 4.03. The van der Waals surface area contributed by atoms with Gasteiger partial charge in [0, 0.05) is 33.1 Å². The van der Waals surface area contributed by atoms with E-state index >= 15 is 0 Å². The lowest BCUT2D eigenvalue weighted by molar-refractivity contribution is -0.122. The fourth-order valence-electron chi connectivity index (χ4n) is 3.11. The monoisotopic (exact) mass is 462 g/mol. The molecule has 1 amide bonds. The number of amides is 1. The summed E-state index contributed by atoms with van der Waals surface area (Å²) < 4.78 is 12.4. The van der Waals surface area contributed by atoms with Crippen LogP contribution in [0.25, 0.3) is 11.7 Å². The number of carbonyl (C=O) groups is 1. The molecule has 10 heteroatoms. The first-order valence-electron chi connectivity index (χ1n) is 10.1. The molecule has 0 radical (unpaired) electrons. The van der Waals surface area contributed by atoms with Gasteiger partial charge in [-0.05, 0) is 38.0 Å². The fourth-order valence-corrected chi connectivity index (χ4v) is 4.40. The number of hydrogen-bond acceptors (Lipinski definition) is 8. The van der Waals surface area contributed by atoms with Crippen LogP contribution in [0.3, 0.4) is 0 Å². The van der Waals surface area contributed by atoms with E-state index in [1.807, 2.05) is 19.9 Å². The number of fused-ring (bicyclic) bond motifs is 1. The van der Waals surface area contributed by atoms with Crippen LogP contribution in [0.15, 0.2) is 28.0 Å². The molecule has 1 N–H and O–H groups in total. The van der Waals surface area contributed by atoms with Crippen molar-refractivity contribution >= 4 is 51.7 Å². The van der Waals surface area contributed by atoms with Crippen LogP contribution in [0.1, 0.15) is 24.5 Å². The highest BCUT2D eigenvalue weighted by Gasteiger charge is 2.32. The van der Waals surface area contributed by atoms with Gasteiger partial charge in [-0.1, -0.05) is 30.0 Å². The molecule has 0 bridgehead atoms. The van der Waals surface area contributed by atoms with E-state index < -0.39 is 0 Å². The summed E-state index contributed by atoms with van der Waals surface area (Å²) in [6, 6.07) is 3.70. The summed E-state index contributed by atoms with van der Waals surface area (Å²) in [4.78, 5) is 32.7. The first-order chi connectivity index (χ1) is 15.0. The van der Waals surface area contributed by atoms with Gasteiger partial charge in [0.05, 0.1) is 23.6 Å². The lowest BCUT2D eigenvalue weighted by Gasteiger charge is -2.13. The maximum atomic E-state index is 13.3. The Bertz CT molecular complexity index is 1070. The van der Waals surface area contributed by atoms with Crippen LogP contribution in [-0.4, -0.2) is 64.5 Å². The Labute approximate surface area is 190 Å². The minimum absolute atomic E-state index is 0.233. The zero-order valence-corrected chi connectivity index (χ0v) is 19.5. The molecule has 0 unspecified atom stereocenters.